The quantitative estimate of drug-likeness (QED) is 0.351. The summed E-state index contributed by atoms with van der Waals surface area (Å²) in [5.41, 5.74) is 0.0142. The predicted molar refractivity (Wildman–Crippen MR) is 67.8 cm³/mol. The second kappa shape index (κ2) is 4.91. The number of aromatic nitrogens is 1. The molecule has 0 bridgehead atoms. The van der Waals surface area contributed by atoms with Gasteiger partial charge in [-0.15, -0.1) is 0 Å². The largest absolute Gasteiger partial charge is 0.360 e. The fourth-order valence-electron chi connectivity index (χ4n) is 1.79. The molecule has 0 radical (unpaired) electrons. The minimum Gasteiger partial charge on any atom is -0.360 e. The van der Waals surface area contributed by atoms with Crippen LogP contribution in [0.1, 0.15) is 0 Å². The maximum Gasteiger partial charge on any atom is 0.329 e. The maximum atomic E-state index is 10.9. The molecule has 0 aromatic carbocycles. The lowest BCUT2D eigenvalue weighted by atomic mass is 10.1. The van der Waals surface area contributed by atoms with Crippen molar-refractivity contribution in [3.05, 3.63) is 27.5 Å². The Hall–Kier alpha value is -1.45. The maximum absolute atomic E-state index is 10.9. The van der Waals surface area contributed by atoms with Crippen molar-refractivity contribution in [1.82, 2.24) is 4.98 Å². The summed E-state index contributed by atoms with van der Waals surface area (Å²) >= 11 is 5.69. The number of halogens is 1. The summed E-state index contributed by atoms with van der Waals surface area (Å²) in [5.74, 6) is 0. The van der Waals surface area contributed by atoms with Crippen LogP contribution in [0.5, 0.6) is 0 Å². The third kappa shape index (κ3) is 3.11. The first kappa shape index (κ1) is 14.0. The highest BCUT2D eigenvalue weighted by Gasteiger charge is 2.35. The molecule has 1 aliphatic rings. The standard InChI is InChI=1S/C9H10ClN3O5S/c1-19(16,17)18-6-4-12(5-6)7-2-3-11-9(10)8(7)13(14)15/h2-3,6H,4-5H2,1H3. The zero-order valence-electron chi connectivity index (χ0n) is 9.82. The van der Waals surface area contributed by atoms with E-state index in [1.165, 1.54) is 12.3 Å². The molecule has 10 heteroatoms. The van der Waals surface area contributed by atoms with Crippen molar-refractivity contribution in [2.75, 3.05) is 24.2 Å². The molecule has 0 unspecified atom stereocenters. The van der Waals surface area contributed by atoms with E-state index >= 15 is 0 Å². The van der Waals surface area contributed by atoms with Crippen molar-refractivity contribution in [2.24, 2.45) is 0 Å². The van der Waals surface area contributed by atoms with E-state index in [0.29, 0.717) is 5.69 Å². The molecule has 1 fully saturated rings. The van der Waals surface area contributed by atoms with Gasteiger partial charge >= 0.3 is 5.69 Å². The highest BCUT2D eigenvalue weighted by atomic mass is 35.5. The zero-order chi connectivity index (χ0) is 14.2. The Morgan fingerprint density at radius 3 is 2.74 bits per heavy atom. The summed E-state index contributed by atoms with van der Waals surface area (Å²) in [7, 11) is -3.52. The van der Waals surface area contributed by atoms with Gasteiger partial charge in [0.05, 0.1) is 11.2 Å². The zero-order valence-corrected chi connectivity index (χ0v) is 11.4. The molecular formula is C9H10ClN3O5S. The van der Waals surface area contributed by atoms with E-state index in [4.69, 9.17) is 15.8 Å². The average Bonchev–Trinajstić information content (AvgIpc) is 2.20. The van der Waals surface area contributed by atoms with Gasteiger partial charge in [0.25, 0.3) is 10.1 Å². The monoisotopic (exact) mass is 307 g/mol. The molecule has 0 amide bonds. The Bertz CT molecular complexity index is 614. The van der Waals surface area contributed by atoms with E-state index in [9.17, 15) is 18.5 Å². The van der Waals surface area contributed by atoms with Crippen molar-refractivity contribution >= 4 is 33.1 Å². The minimum atomic E-state index is -3.52. The summed E-state index contributed by atoms with van der Waals surface area (Å²) in [4.78, 5) is 15.6. The smallest absolute Gasteiger partial charge is 0.329 e. The van der Waals surface area contributed by atoms with Crippen LogP contribution < -0.4 is 4.90 Å². The van der Waals surface area contributed by atoms with Crippen LogP contribution in [0, 0.1) is 10.1 Å². The summed E-state index contributed by atoms with van der Waals surface area (Å²) in [5, 5.41) is 10.7. The van der Waals surface area contributed by atoms with E-state index in [2.05, 4.69) is 4.98 Å². The first-order chi connectivity index (χ1) is 8.78. The van der Waals surface area contributed by atoms with Crippen LogP contribution in [0.3, 0.4) is 0 Å². The highest BCUT2D eigenvalue weighted by molar-refractivity contribution is 7.86. The van der Waals surface area contributed by atoms with Crippen LogP contribution in [0.4, 0.5) is 11.4 Å². The predicted octanol–water partition coefficient (Wildman–Crippen LogP) is 0.808. The third-order valence-electron chi connectivity index (χ3n) is 2.54. The molecule has 1 saturated heterocycles. The first-order valence-electron chi connectivity index (χ1n) is 5.20. The molecule has 2 heterocycles. The van der Waals surface area contributed by atoms with Crippen molar-refractivity contribution in [2.45, 2.75) is 6.10 Å². The van der Waals surface area contributed by atoms with E-state index in [1.807, 2.05) is 0 Å². The highest BCUT2D eigenvalue weighted by Crippen LogP contribution is 2.36. The summed E-state index contributed by atoms with van der Waals surface area (Å²) in [6, 6.07) is 1.46. The van der Waals surface area contributed by atoms with Crippen LogP contribution in [0.2, 0.25) is 5.15 Å². The van der Waals surface area contributed by atoms with Gasteiger partial charge in [0.15, 0.2) is 0 Å². The van der Waals surface area contributed by atoms with Crippen LogP contribution in [0.25, 0.3) is 0 Å². The molecule has 8 nitrogen and oxygen atoms in total. The number of rotatable bonds is 4. The van der Waals surface area contributed by atoms with Gasteiger partial charge in [-0.3, -0.25) is 14.3 Å². The average molecular weight is 308 g/mol. The lowest BCUT2D eigenvalue weighted by Crippen LogP contribution is -2.53. The van der Waals surface area contributed by atoms with E-state index in [-0.39, 0.29) is 23.9 Å². The van der Waals surface area contributed by atoms with E-state index in [0.717, 1.165) is 6.26 Å². The number of pyridine rings is 1. The molecule has 0 aliphatic carbocycles. The Morgan fingerprint density at radius 1 is 1.58 bits per heavy atom. The van der Waals surface area contributed by atoms with Gasteiger partial charge in [-0.25, -0.2) is 4.98 Å². The molecule has 2 rings (SSSR count). The van der Waals surface area contributed by atoms with E-state index < -0.39 is 21.1 Å². The number of hydrogen-bond donors (Lipinski definition) is 0. The van der Waals surface area contributed by atoms with Crippen LogP contribution >= 0.6 is 11.6 Å². The summed E-state index contributed by atoms with van der Waals surface area (Å²) in [6.45, 7) is 0.489. The number of hydrogen-bond acceptors (Lipinski definition) is 7. The molecule has 0 spiro atoms. The number of nitrogens with zero attached hydrogens (tertiary/aromatic N) is 3. The normalized spacial score (nSPS) is 16.2. The Labute approximate surface area is 114 Å². The lowest BCUT2D eigenvalue weighted by molar-refractivity contribution is -0.384. The molecule has 104 valence electrons. The molecule has 1 aromatic heterocycles. The Balaban J connectivity index is 2.14. The molecule has 0 saturated carbocycles. The van der Waals surface area contributed by atoms with Gasteiger partial charge in [-0.2, -0.15) is 8.42 Å². The van der Waals surface area contributed by atoms with Crippen LogP contribution in [-0.2, 0) is 14.3 Å². The topological polar surface area (TPSA) is 103 Å². The fraction of sp³-hybridized carbons (Fsp3) is 0.444. The van der Waals surface area contributed by atoms with Crippen molar-refractivity contribution in [3.8, 4) is 0 Å². The molecule has 19 heavy (non-hydrogen) atoms. The number of anilines is 1. The van der Waals surface area contributed by atoms with Crippen LogP contribution in [-0.4, -0.2) is 43.8 Å². The van der Waals surface area contributed by atoms with Crippen molar-refractivity contribution < 1.29 is 17.5 Å². The van der Waals surface area contributed by atoms with E-state index in [1.54, 1.807) is 4.90 Å². The minimum absolute atomic E-state index is 0.199. The summed E-state index contributed by atoms with van der Waals surface area (Å²) < 4.78 is 26.6. The third-order valence-corrected chi connectivity index (χ3v) is 3.44. The molecule has 0 atom stereocenters. The molecule has 0 N–H and O–H groups in total. The van der Waals surface area contributed by atoms with Crippen LogP contribution in [0.15, 0.2) is 12.3 Å². The fourth-order valence-corrected chi connectivity index (χ4v) is 2.62. The van der Waals surface area contributed by atoms with Gasteiger partial charge in [0.1, 0.15) is 11.8 Å². The number of nitro groups is 1. The van der Waals surface area contributed by atoms with Gasteiger partial charge in [0.2, 0.25) is 5.15 Å². The Kier molecular flexibility index (Phi) is 3.61. The van der Waals surface area contributed by atoms with Gasteiger partial charge in [-0.1, -0.05) is 11.6 Å². The van der Waals surface area contributed by atoms with Gasteiger partial charge < -0.3 is 4.90 Å². The second-order valence-corrected chi connectivity index (χ2v) is 6.01. The molecule has 1 aliphatic heterocycles. The second-order valence-electron chi connectivity index (χ2n) is 4.05. The molecule has 1 aromatic rings. The first-order valence-corrected chi connectivity index (χ1v) is 7.39. The summed E-state index contributed by atoms with van der Waals surface area (Å²) in [6.07, 6.45) is 1.82. The van der Waals surface area contributed by atoms with Gasteiger partial charge in [-0.05, 0) is 6.07 Å². The van der Waals surface area contributed by atoms with Crippen molar-refractivity contribution in [3.63, 3.8) is 0 Å². The Morgan fingerprint density at radius 2 is 2.21 bits per heavy atom. The SMILES string of the molecule is CS(=O)(=O)OC1CN(c2ccnc(Cl)c2[N+](=O)[O-])C1. The molecular weight excluding hydrogens is 298 g/mol. The van der Waals surface area contributed by atoms with Crippen molar-refractivity contribution in [1.29, 1.82) is 0 Å². The lowest BCUT2D eigenvalue weighted by Gasteiger charge is -2.39. The van der Waals surface area contributed by atoms with Gasteiger partial charge in [0, 0.05) is 19.3 Å².